The Morgan fingerprint density at radius 1 is 1.00 bits per heavy atom. The molecule has 0 spiro atoms. The van der Waals surface area contributed by atoms with Gasteiger partial charge in [0.1, 0.15) is 18.0 Å². The van der Waals surface area contributed by atoms with Crippen LogP contribution in [0.5, 0.6) is 0 Å². The van der Waals surface area contributed by atoms with Gasteiger partial charge in [0.15, 0.2) is 0 Å². The minimum Gasteiger partial charge on any atom is -0.353 e. The number of halogens is 1. The second kappa shape index (κ2) is 5.20. The molecule has 0 saturated carbocycles. The normalized spacial score (nSPS) is 9.47. The molecule has 1 N–H and O–H groups in total. The second-order valence-corrected chi connectivity index (χ2v) is 4.04. The van der Waals surface area contributed by atoms with Crippen molar-refractivity contribution in [3.63, 3.8) is 0 Å². The van der Waals surface area contributed by atoms with Crippen molar-refractivity contribution in [3.8, 4) is 12.1 Å². The van der Waals surface area contributed by atoms with E-state index in [4.69, 9.17) is 10.5 Å². The van der Waals surface area contributed by atoms with E-state index in [0.29, 0.717) is 0 Å². The number of nitrogens with one attached hydrogen (secondary N) is 1. The van der Waals surface area contributed by atoms with Gasteiger partial charge in [0.25, 0.3) is 0 Å². The quantitative estimate of drug-likeness (QED) is 0.886. The molecule has 0 fully saturated rings. The minimum absolute atomic E-state index is 0.0373. The van der Waals surface area contributed by atoms with Crippen LogP contribution in [0.15, 0.2) is 36.4 Å². The van der Waals surface area contributed by atoms with Gasteiger partial charge in [0.2, 0.25) is 0 Å². The Morgan fingerprint density at radius 3 is 2.26 bits per heavy atom. The first kappa shape index (κ1) is 12.6. The average molecular weight is 251 g/mol. The van der Waals surface area contributed by atoms with Gasteiger partial charge in [-0.3, -0.25) is 0 Å². The fourth-order valence-electron chi connectivity index (χ4n) is 1.71. The molecule has 92 valence electrons. The Labute approximate surface area is 110 Å². The molecule has 19 heavy (non-hydrogen) atoms. The van der Waals surface area contributed by atoms with E-state index in [1.54, 1.807) is 6.07 Å². The van der Waals surface area contributed by atoms with E-state index in [0.717, 1.165) is 17.3 Å². The maximum absolute atomic E-state index is 13.8. The number of nitriles is 2. The topological polar surface area (TPSA) is 59.6 Å². The van der Waals surface area contributed by atoms with Crippen molar-refractivity contribution in [1.82, 2.24) is 0 Å². The lowest BCUT2D eigenvalue weighted by Gasteiger charge is -2.11. The zero-order valence-corrected chi connectivity index (χ0v) is 10.2. The van der Waals surface area contributed by atoms with E-state index in [1.807, 2.05) is 37.3 Å². The molecule has 0 aromatic heterocycles. The molecule has 0 atom stereocenters. The molecular weight excluding hydrogens is 241 g/mol. The van der Waals surface area contributed by atoms with Crippen molar-refractivity contribution in [2.24, 2.45) is 0 Å². The van der Waals surface area contributed by atoms with Crippen LogP contribution in [0.3, 0.4) is 0 Å². The summed E-state index contributed by atoms with van der Waals surface area (Å²) >= 11 is 0. The highest BCUT2D eigenvalue weighted by Gasteiger charge is 2.10. The van der Waals surface area contributed by atoms with Crippen LogP contribution in [-0.4, -0.2) is 0 Å². The molecule has 0 unspecified atom stereocenters. The molecule has 0 amide bonds. The summed E-state index contributed by atoms with van der Waals surface area (Å²) in [6.45, 7) is 1.90. The van der Waals surface area contributed by atoms with E-state index in [-0.39, 0.29) is 16.8 Å². The molecule has 0 radical (unpaired) electrons. The number of anilines is 2. The molecule has 4 heteroatoms. The second-order valence-electron chi connectivity index (χ2n) is 4.04. The summed E-state index contributed by atoms with van der Waals surface area (Å²) in [5.74, 6) is -0.557. The van der Waals surface area contributed by atoms with Crippen LogP contribution in [0, 0.1) is 35.4 Å². The largest absolute Gasteiger partial charge is 0.353 e. The highest BCUT2D eigenvalue weighted by molar-refractivity contribution is 5.66. The summed E-state index contributed by atoms with van der Waals surface area (Å²) in [6.07, 6.45) is 0. The smallest absolute Gasteiger partial charge is 0.148 e. The van der Waals surface area contributed by atoms with Crippen LogP contribution < -0.4 is 5.32 Å². The lowest BCUT2D eigenvalue weighted by molar-refractivity contribution is 0.631. The summed E-state index contributed by atoms with van der Waals surface area (Å²) in [5, 5.41) is 20.7. The third-order valence-corrected chi connectivity index (χ3v) is 2.76. The SMILES string of the molecule is Cc1ccccc1Nc1cc(C#N)c(C#N)cc1F. The van der Waals surface area contributed by atoms with Crippen LogP contribution >= 0.6 is 0 Å². The molecular formula is C15H10FN3. The van der Waals surface area contributed by atoms with Gasteiger partial charge in [-0.2, -0.15) is 10.5 Å². The summed E-state index contributed by atoms with van der Waals surface area (Å²) in [4.78, 5) is 0. The van der Waals surface area contributed by atoms with Crippen molar-refractivity contribution >= 4 is 11.4 Å². The molecule has 2 rings (SSSR count). The van der Waals surface area contributed by atoms with E-state index in [1.165, 1.54) is 6.07 Å². The number of aryl methyl sites for hydroxylation is 1. The average Bonchev–Trinajstić information content (AvgIpc) is 2.42. The molecule has 0 heterocycles. The maximum Gasteiger partial charge on any atom is 0.148 e. The summed E-state index contributed by atoms with van der Waals surface area (Å²) in [7, 11) is 0. The predicted octanol–water partition coefficient (Wildman–Crippen LogP) is 3.62. The van der Waals surface area contributed by atoms with Crippen molar-refractivity contribution in [1.29, 1.82) is 10.5 Å². The van der Waals surface area contributed by atoms with Gasteiger partial charge < -0.3 is 5.32 Å². The molecule has 2 aromatic carbocycles. The van der Waals surface area contributed by atoms with Gasteiger partial charge in [-0.1, -0.05) is 18.2 Å². The van der Waals surface area contributed by atoms with Crippen LogP contribution in [0.4, 0.5) is 15.8 Å². The van der Waals surface area contributed by atoms with Crippen molar-refractivity contribution in [3.05, 3.63) is 58.9 Å². The van der Waals surface area contributed by atoms with E-state index < -0.39 is 5.82 Å². The minimum atomic E-state index is -0.557. The number of benzene rings is 2. The standard InChI is InChI=1S/C15H10FN3/c1-10-4-2-3-5-14(10)19-15-7-12(9-18)11(8-17)6-13(15)16/h2-7,19H,1H3. The Hall–Kier alpha value is -2.85. The van der Waals surface area contributed by atoms with Gasteiger partial charge in [-0.15, -0.1) is 0 Å². The number of nitrogens with zero attached hydrogens (tertiary/aromatic N) is 2. The first-order valence-corrected chi connectivity index (χ1v) is 5.62. The predicted molar refractivity (Wildman–Crippen MR) is 70.3 cm³/mol. The van der Waals surface area contributed by atoms with Crippen molar-refractivity contribution in [2.75, 3.05) is 5.32 Å². The summed E-state index contributed by atoms with van der Waals surface area (Å²) in [5.41, 5.74) is 2.10. The van der Waals surface area contributed by atoms with Gasteiger partial charge in [0.05, 0.1) is 16.8 Å². The third kappa shape index (κ3) is 2.53. The first-order chi connectivity index (χ1) is 9.15. The number of para-hydroxylation sites is 1. The lowest BCUT2D eigenvalue weighted by Crippen LogP contribution is -1.98. The Kier molecular flexibility index (Phi) is 3.45. The highest BCUT2D eigenvalue weighted by atomic mass is 19.1. The third-order valence-electron chi connectivity index (χ3n) is 2.76. The molecule has 0 aliphatic rings. The highest BCUT2D eigenvalue weighted by Crippen LogP contribution is 2.25. The summed E-state index contributed by atoms with van der Waals surface area (Å²) < 4.78 is 13.8. The van der Waals surface area contributed by atoms with E-state index in [9.17, 15) is 4.39 Å². The molecule has 0 aliphatic heterocycles. The van der Waals surface area contributed by atoms with Crippen molar-refractivity contribution in [2.45, 2.75) is 6.92 Å². The fraction of sp³-hybridized carbons (Fsp3) is 0.0667. The molecule has 2 aromatic rings. The first-order valence-electron chi connectivity index (χ1n) is 5.62. The van der Waals surface area contributed by atoms with Gasteiger partial charge in [-0.05, 0) is 30.7 Å². The number of hydrogen-bond acceptors (Lipinski definition) is 3. The zero-order valence-electron chi connectivity index (χ0n) is 10.2. The number of hydrogen-bond donors (Lipinski definition) is 1. The number of rotatable bonds is 2. The van der Waals surface area contributed by atoms with Crippen LogP contribution in [-0.2, 0) is 0 Å². The van der Waals surface area contributed by atoms with Crippen molar-refractivity contribution < 1.29 is 4.39 Å². The van der Waals surface area contributed by atoms with Gasteiger partial charge >= 0.3 is 0 Å². The molecule has 0 bridgehead atoms. The van der Waals surface area contributed by atoms with E-state index >= 15 is 0 Å². The summed E-state index contributed by atoms with van der Waals surface area (Å²) in [6, 6.07) is 13.5. The Balaban J connectivity index is 2.45. The molecule has 0 saturated heterocycles. The lowest BCUT2D eigenvalue weighted by atomic mass is 10.1. The zero-order chi connectivity index (χ0) is 13.8. The Morgan fingerprint density at radius 2 is 1.63 bits per heavy atom. The monoisotopic (exact) mass is 251 g/mol. The fourth-order valence-corrected chi connectivity index (χ4v) is 1.71. The molecule has 0 aliphatic carbocycles. The van der Waals surface area contributed by atoms with Crippen LogP contribution in [0.25, 0.3) is 0 Å². The van der Waals surface area contributed by atoms with Gasteiger partial charge in [0, 0.05) is 5.69 Å². The molecule has 3 nitrogen and oxygen atoms in total. The van der Waals surface area contributed by atoms with Crippen LogP contribution in [0.2, 0.25) is 0 Å². The van der Waals surface area contributed by atoms with Crippen LogP contribution in [0.1, 0.15) is 16.7 Å². The van der Waals surface area contributed by atoms with Gasteiger partial charge in [-0.25, -0.2) is 4.39 Å². The van der Waals surface area contributed by atoms with E-state index in [2.05, 4.69) is 5.32 Å². The Bertz CT molecular complexity index is 708. The maximum atomic E-state index is 13.8.